The summed E-state index contributed by atoms with van der Waals surface area (Å²) in [6.45, 7) is 7.52. The van der Waals surface area contributed by atoms with Crippen LogP contribution in [0, 0.1) is 5.92 Å². The summed E-state index contributed by atoms with van der Waals surface area (Å²) in [5.41, 5.74) is 1.36. The molecular formula is C17H26N2O2. The molecule has 1 fully saturated rings. The second kappa shape index (κ2) is 7.25. The normalized spacial score (nSPS) is 24.1. The predicted octanol–water partition coefficient (Wildman–Crippen LogP) is 1.24. The second-order valence-electron chi connectivity index (χ2n) is 6.18. The average Bonchev–Trinajstić information content (AvgIpc) is 2.71. The Bertz CT molecular complexity index is 444. The molecular weight excluding hydrogens is 264 g/mol. The molecule has 1 aromatic rings. The number of ether oxygens (including phenoxy) is 1. The summed E-state index contributed by atoms with van der Waals surface area (Å²) in [6.07, 6.45) is 2.28. The third kappa shape index (κ3) is 3.96. The highest BCUT2D eigenvalue weighted by molar-refractivity contribution is 5.34. The quantitative estimate of drug-likeness (QED) is 0.905. The molecule has 0 amide bonds. The van der Waals surface area contributed by atoms with E-state index in [1.54, 1.807) is 0 Å². The van der Waals surface area contributed by atoms with Gasteiger partial charge in [0.15, 0.2) is 0 Å². The molecule has 1 aromatic carbocycles. The standard InChI is InChI=1S/C17H26N2O2/c20-11-10-18-6-8-19(9-7-18)14-15-5-12-21-17-4-2-1-3-16(17)13-15/h1-4,15,20H,5-14H2/t15-/m1/s1. The highest BCUT2D eigenvalue weighted by atomic mass is 16.5. The molecule has 21 heavy (non-hydrogen) atoms. The number of fused-ring (bicyclic) bond motifs is 1. The number of nitrogens with zero attached hydrogens (tertiary/aromatic N) is 2. The highest BCUT2D eigenvalue weighted by Gasteiger charge is 2.22. The molecule has 2 aliphatic rings. The fourth-order valence-electron chi connectivity index (χ4n) is 3.42. The van der Waals surface area contributed by atoms with Crippen molar-refractivity contribution in [1.82, 2.24) is 9.80 Å². The Morgan fingerprint density at radius 2 is 1.86 bits per heavy atom. The number of aliphatic hydroxyl groups is 1. The average molecular weight is 290 g/mol. The van der Waals surface area contributed by atoms with Crippen molar-refractivity contribution in [2.45, 2.75) is 12.8 Å². The molecule has 1 atom stereocenters. The molecule has 1 saturated heterocycles. The molecule has 0 aromatic heterocycles. The first-order chi connectivity index (χ1) is 10.3. The van der Waals surface area contributed by atoms with Gasteiger partial charge in [-0.25, -0.2) is 0 Å². The molecule has 116 valence electrons. The van der Waals surface area contributed by atoms with Crippen LogP contribution in [0.15, 0.2) is 24.3 Å². The number of benzene rings is 1. The van der Waals surface area contributed by atoms with Crippen LogP contribution in [-0.2, 0) is 6.42 Å². The van der Waals surface area contributed by atoms with E-state index in [1.807, 2.05) is 0 Å². The van der Waals surface area contributed by atoms with E-state index in [2.05, 4.69) is 34.1 Å². The van der Waals surface area contributed by atoms with Crippen LogP contribution >= 0.6 is 0 Å². The summed E-state index contributed by atoms with van der Waals surface area (Å²) >= 11 is 0. The van der Waals surface area contributed by atoms with Gasteiger partial charge in [-0.1, -0.05) is 18.2 Å². The number of β-amino-alcohol motifs (C(OH)–C–C–N with tert-alkyl or cyclic N) is 1. The maximum absolute atomic E-state index is 9.00. The van der Waals surface area contributed by atoms with E-state index in [1.165, 1.54) is 12.1 Å². The van der Waals surface area contributed by atoms with Gasteiger partial charge in [-0.3, -0.25) is 4.90 Å². The smallest absolute Gasteiger partial charge is 0.122 e. The fraction of sp³-hybridized carbons (Fsp3) is 0.647. The van der Waals surface area contributed by atoms with Gasteiger partial charge in [-0.2, -0.15) is 0 Å². The van der Waals surface area contributed by atoms with Crippen molar-refractivity contribution in [2.75, 3.05) is 52.5 Å². The molecule has 2 aliphatic heterocycles. The van der Waals surface area contributed by atoms with E-state index in [-0.39, 0.29) is 6.61 Å². The van der Waals surface area contributed by atoms with E-state index < -0.39 is 0 Å². The van der Waals surface area contributed by atoms with Crippen molar-refractivity contribution in [3.05, 3.63) is 29.8 Å². The number of hydrogen-bond acceptors (Lipinski definition) is 4. The first-order valence-electron chi connectivity index (χ1n) is 8.11. The maximum atomic E-state index is 9.00. The molecule has 0 bridgehead atoms. The lowest BCUT2D eigenvalue weighted by Gasteiger charge is -2.36. The maximum Gasteiger partial charge on any atom is 0.122 e. The Morgan fingerprint density at radius 1 is 1.10 bits per heavy atom. The summed E-state index contributed by atoms with van der Waals surface area (Å²) in [7, 11) is 0. The zero-order valence-electron chi connectivity index (χ0n) is 12.7. The second-order valence-corrected chi connectivity index (χ2v) is 6.18. The third-order valence-electron chi connectivity index (χ3n) is 4.66. The summed E-state index contributed by atoms with van der Waals surface area (Å²) in [6, 6.07) is 8.45. The Balaban J connectivity index is 1.52. The first-order valence-corrected chi connectivity index (χ1v) is 8.11. The summed E-state index contributed by atoms with van der Waals surface area (Å²) in [4.78, 5) is 4.93. The zero-order chi connectivity index (χ0) is 14.5. The van der Waals surface area contributed by atoms with Crippen molar-refractivity contribution in [3.8, 4) is 5.75 Å². The van der Waals surface area contributed by atoms with E-state index in [9.17, 15) is 0 Å². The van der Waals surface area contributed by atoms with Crippen LogP contribution in [0.2, 0.25) is 0 Å². The van der Waals surface area contributed by atoms with Crippen LogP contribution in [0.1, 0.15) is 12.0 Å². The van der Waals surface area contributed by atoms with Gasteiger partial charge < -0.3 is 14.7 Å². The number of hydrogen-bond donors (Lipinski definition) is 1. The minimum absolute atomic E-state index is 0.275. The Morgan fingerprint density at radius 3 is 2.67 bits per heavy atom. The topological polar surface area (TPSA) is 35.9 Å². The van der Waals surface area contributed by atoms with Crippen LogP contribution in [0.4, 0.5) is 0 Å². The summed E-state index contributed by atoms with van der Waals surface area (Å²) < 4.78 is 5.86. The van der Waals surface area contributed by atoms with Crippen molar-refractivity contribution < 1.29 is 9.84 Å². The number of rotatable bonds is 4. The van der Waals surface area contributed by atoms with E-state index in [4.69, 9.17) is 9.84 Å². The molecule has 0 aliphatic carbocycles. The lowest BCUT2D eigenvalue weighted by Crippen LogP contribution is -2.48. The first kappa shape index (κ1) is 14.8. The molecule has 3 rings (SSSR count). The molecule has 0 saturated carbocycles. The van der Waals surface area contributed by atoms with Crippen LogP contribution in [-0.4, -0.2) is 67.4 Å². The van der Waals surface area contributed by atoms with Crippen molar-refractivity contribution in [2.24, 2.45) is 5.92 Å². The molecule has 0 unspecified atom stereocenters. The van der Waals surface area contributed by atoms with E-state index in [0.29, 0.717) is 5.92 Å². The van der Waals surface area contributed by atoms with Gasteiger partial charge in [-0.15, -0.1) is 0 Å². The SMILES string of the molecule is OCCN1CCN(C[C@@H]2CCOc3ccccc3C2)CC1. The van der Waals surface area contributed by atoms with Crippen LogP contribution in [0.3, 0.4) is 0 Å². The zero-order valence-corrected chi connectivity index (χ0v) is 12.7. The molecule has 4 heteroatoms. The van der Waals surface area contributed by atoms with Gasteiger partial charge in [0, 0.05) is 39.3 Å². The molecule has 2 heterocycles. The van der Waals surface area contributed by atoms with Crippen molar-refractivity contribution in [1.29, 1.82) is 0 Å². The largest absolute Gasteiger partial charge is 0.493 e. The van der Waals surface area contributed by atoms with Gasteiger partial charge in [-0.05, 0) is 30.4 Å². The van der Waals surface area contributed by atoms with Gasteiger partial charge in [0.1, 0.15) is 5.75 Å². The highest BCUT2D eigenvalue weighted by Crippen LogP contribution is 2.27. The fourth-order valence-corrected chi connectivity index (χ4v) is 3.42. The molecule has 0 spiro atoms. The number of piperazine rings is 1. The molecule has 0 radical (unpaired) electrons. The van der Waals surface area contributed by atoms with Gasteiger partial charge in [0.25, 0.3) is 0 Å². The Hall–Kier alpha value is -1.10. The molecule has 4 nitrogen and oxygen atoms in total. The summed E-state index contributed by atoms with van der Waals surface area (Å²) in [5, 5.41) is 9.00. The van der Waals surface area contributed by atoms with E-state index in [0.717, 1.165) is 57.9 Å². The molecule has 1 N–H and O–H groups in total. The summed E-state index contributed by atoms with van der Waals surface area (Å²) in [5.74, 6) is 1.77. The van der Waals surface area contributed by atoms with Crippen LogP contribution in [0.25, 0.3) is 0 Å². The van der Waals surface area contributed by atoms with Crippen molar-refractivity contribution in [3.63, 3.8) is 0 Å². The number of aliphatic hydroxyl groups excluding tert-OH is 1. The van der Waals surface area contributed by atoms with Crippen LogP contribution < -0.4 is 4.74 Å². The number of para-hydroxylation sites is 1. The van der Waals surface area contributed by atoms with Gasteiger partial charge >= 0.3 is 0 Å². The van der Waals surface area contributed by atoms with Gasteiger partial charge in [0.2, 0.25) is 0 Å². The Kier molecular flexibility index (Phi) is 5.12. The third-order valence-corrected chi connectivity index (χ3v) is 4.66. The Labute approximate surface area is 127 Å². The van der Waals surface area contributed by atoms with Crippen LogP contribution in [0.5, 0.6) is 5.75 Å². The monoisotopic (exact) mass is 290 g/mol. The van der Waals surface area contributed by atoms with E-state index >= 15 is 0 Å². The lowest BCUT2D eigenvalue weighted by molar-refractivity contribution is 0.0989. The lowest BCUT2D eigenvalue weighted by atomic mass is 9.96. The minimum Gasteiger partial charge on any atom is -0.493 e. The minimum atomic E-state index is 0.275. The van der Waals surface area contributed by atoms with Gasteiger partial charge in [0.05, 0.1) is 13.2 Å². The van der Waals surface area contributed by atoms with Crippen molar-refractivity contribution >= 4 is 0 Å². The predicted molar refractivity (Wildman–Crippen MR) is 83.7 cm³/mol.